The second kappa shape index (κ2) is 4.57. The van der Waals surface area contributed by atoms with E-state index in [9.17, 15) is 4.79 Å². The summed E-state index contributed by atoms with van der Waals surface area (Å²) >= 11 is 0. The molecule has 1 aliphatic carbocycles. The van der Waals surface area contributed by atoms with Gasteiger partial charge in [-0.25, -0.2) is 0 Å². The molecule has 0 saturated heterocycles. The van der Waals surface area contributed by atoms with Crippen molar-refractivity contribution in [1.82, 2.24) is 4.57 Å². The van der Waals surface area contributed by atoms with Crippen molar-refractivity contribution in [2.45, 2.75) is 19.3 Å². The molecule has 98 valence electrons. The zero-order valence-corrected chi connectivity index (χ0v) is 11.4. The molecular formula is C16H18N2O. The van der Waals surface area contributed by atoms with Crippen LogP contribution >= 0.6 is 0 Å². The van der Waals surface area contributed by atoms with Gasteiger partial charge in [-0.15, -0.1) is 0 Å². The summed E-state index contributed by atoms with van der Waals surface area (Å²) in [6, 6.07) is 10.4. The lowest BCUT2D eigenvalue weighted by molar-refractivity contribution is 0.0972. The van der Waals surface area contributed by atoms with Crippen LogP contribution < -0.4 is 4.90 Å². The second-order valence-electron chi connectivity index (χ2n) is 5.23. The van der Waals surface area contributed by atoms with Gasteiger partial charge in [0.05, 0.1) is 0 Å². The third kappa shape index (κ3) is 2.05. The Morgan fingerprint density at radius 3 is 2.47 bits per heavy atom. The van der Waals surface area contributed by atoms with Crippen LogP contribution in [0, 0.1) is 0 Å². The highest BCUT2D eigenvalue weighted by Gasteiger charge is 2.20. The number of anilines is 1. The summed E-state index contributed by atoms with van der Waals surface area (Å²) in [5.74, 6) is 0.282. The molecule has 0 unspecified atom stereocenters. The van der Waals surface area contributed by atoms with Gasteiger partial charge in [0, 0.05) is 49.3 Å². The average Bonchev–Trinajstić information content (AvgIpc) is 2.84. The summed E-state index contributed by atoms with van der Waals surface area (Å²) < 4.78 is 2.14. The molecule has 19 heavy (non-hydrogen) atoms. The van der Waals surface area contributed by atoms with Crippen LogP contribution in [-0.4, -0.2) is 24.4 Å². The van der Waals surface area contributed by atoms with Crippen molar-refractivity contribution >= 4 is 11.5 Å². The molecule has 2 aromatic rings. The van der Waals surface area contributed by atoms with E-state index in [1.807, 2.05) is 26.4 Å². The third-order valence-corrected chi connectivity index (χ3v) is 3.75. The molecule has 0 aliphatic heterocycles. The molecule has 1 aromatic heterocycles. The maximum absolute atomic E-state index is 11.9. The molecular weight excluding hydrogens is 236 g/mol. The highest BCUT2D eigenvalue weighted by molar-refractivity contribution is 5.98. The lowest BCUT2D eigenvalue weighted by Crippen LogP contribution is -2.12. The fourth-order valence-electron chi connectivity index (χ4n) is 2.68. The second-order valence-corrected chi connectivity index (χ2v) is 5.23. The van der Waals surface area contributed by atoms with Crippen LogP contribution in [0.25, 0.3) is 5.69 Å². The first-order valence-corrected chi connectivity index (χ1v) is 6.68. The molecule has 1 aliphatic rings. The van der Waals surface area contributed by atoms with E-state index in [4.69, 9.17) is 0 Å². The number of hydrogen-bond acceptors (Lipinski definition) is 2. The Kier molecular flexibility index (Phi) is 2.90. The number of rotatable bonds is 2. The summed E-state index contributed by atoms with van der Waals surface area (Å²) in [5, 5.41) is 0. The minimum atomic E-state index is 0.282. The first kappa shape index (κ1) is 12.0. The molecule has 1 heterocycles. The number of aromatic nitrogens is 1. The van der Waals surface area contributed by atoms with E-state index in [2.05, 4.69) is 33.7 Å². The first-order chi connectivity index (χ1) is 9.16. The van der Waals surface area contributed by atoms with Crippen LogP contribution in [-0.2, 0) is 6.42 Å². The van der Waals surface area contributed by atoms with E-state index in [1.54, 1.807) is 0 Å². The molecule has 3 heteroatoms. The fourth-order valence-corrected chi connectivity index (χ4v) is 2.68. The van der Waals surface area contributed by atoms with E-state index in [1.165, 1.54) is 5.69 Å². The van der Waals surface area contributed by atoms with Gasteiger partial charge in [-0.05, 0) is 43.2 Å². The quantitative estimate of drug-likeness (QED) is 0.823. The molecule has 0 radical (unpaired) electrons. The van der Waals surface area contributed by atoms with E-state index in [-0.39, 0.29) is 5.78 Å². The smallest absolute Gasteiger partial charge is 0.164 e. The Balaban J connectivity index is 2.01. The van der Waals surface area contributed by atoms with Crippen LogP contribution in [0.5, 0.6) is 0 Å². The van der Waals surface area contributed by atoms with Crippen LogP contribution in [0.3, 0.4) is 0 Å². The van der Waals surface area contributed by atoms with Crippen molar-refractivity contribution in [3.8, 4) is 5.69 Å². The summed E-state index contributed by atoms with van der Waals surface area (Å²) in [5.41, 5.74) is 4.37. The summed E-state index contributed by atoms with van der Waals surface area (Å²) in [7, 11) is 4.07. The minimum Gasteiger partial charge on any atom is -0.378 e. The van der Waals surface area contributed by atoms with Crippen LogP contribution in [0.2, 0.25) is 0 Å². The Hall–Kier alpha value is -2.03. The molecule has 0 spiro atoms. The van der Waals surface area contributed by atoms with E-state index in [0.29, 0.717) is 6.42 Å². The number of carbonyl (C=O) groups is 1. The Labute approximate surface area is 113 Å². The fraction of sp³-hybridized carbons (Fsp3) is 0.312. The lowest BCUT2D eigenvalue weighted by atomic mass is 9.97. The van der Waals surface area contributed by atoms with Gasteiger partial charge in [-0.1, -0.05) is 0 Å². The molecule has 3 nitrogen and oxygen atoms in total. The zero-order valence-electron chi connectivity index (χ0n) is 11.4. The SMILES string of the molecule is CN(C)c1ccc(-n2ccc3c2CCCC3=O)cc1. The Bertz CT molecular complexity index is 608. The van der Waals surface area contributed by atoms with Gasteiger partial charge in [0.2, 0.25) is 0 Å². The van der Waals surface area contributed by atoms with Gasteiger partial charge in [0.25, 0.3) is 0 Å². The number of ketones is 1. The van der Waals surface area contributed by atoms with Crippen molar-refractivity contribution in [3.63, 3.8) is 0 Å². The zero-order chi connectivity index (χ0) is 13.4. The number of hydrogen-bond donors (Lipinski definition) is 0. The third-order valence-electron chi connectivity index (χ3n) is 3.75. The summed E-state index contributed by atoms with van der Waals surface area (Å²) in [6.07, 6.45) is 4.66. The molecule has 0 atom stereocenters. The van der Waals surface area contributed by atoms with Crippen molar-refractivity contribution in [2.75, 3.05) is 19.0 Å². The van der Waals surface area contributed by atoms with Crippen molar-refractivity contribution < 1.29 is 4.79 Å². The van der Waals surface area contributed by atoms with E-state index < -0.39 is 0 Å². The molecule has 0 bridgehead atoms. The monoisotopic (exact) mass is 254 g/mol. The number of Topliss-reactive ketones (excluding diaryl/α,β-unsaturated/α-hetero) is 1. The summed E-state index contributed by atoms with van der Waals surface area (Å²) in [6.45, 7) is 0. The number of nitrogens with zero attached hydrogens (tertiary/aromatic N) is 2. The van der Waals surface area contributed by atoms with E-state index in [0.717, 1.165) is 29.8 Å². The molecule has 3 rings (SSSR count). The first-order valence-electron chi connectivity index (χ1n) is 6.68. The number of carbonyl (C=O) groups excluding carboxylic acids is 1. The van der Waals surface area contributed by atoms with Gasteiger partial charge in [0.15, 0.2) is 5.78 Å². The predicted molar refractivity (Wildman–Crippen MR) is 77.4 cm³/mol. The van der Waals surface area contributed by atoms with E-state index >= 15 is 0 Å². The average molecular weight is 254 g/mol. The maximum atomic E-state index is 11.9. The van der Waals surface area contributed by atoms with Crippen LogP contribution in [0.15, 0.2) is 36.5 Å². The van der Waals surface area contributed by atoms with Crippen molar-refractivity contribution in [2.24, 2.45) is 0 Å². The Morgan fingerprint density at radius 1 is 1.05 bits per heavy atom. The minimum absolute atomic E-state index is 0.282. The molecule has 1 aromatic carbocycles. The standard InChI is InChI=1S/C16H18N2O/c1-17(2)12-6-8-13(9-7-12)18-11-10-14-15(18)4-3-5-16(14)19/h6-11H,3-5H2,1-2H3. The molecule has 0 fully saturated rings. The van der Waals surface area contributed by atoms with Gasteiger partial charge in [-0.3, -0.25) is 4.79 Å². The summed E-state index contributed by atoms with van der Waals surface area (Å²) in [4.78, 5) is 13.9. The molecule has 0 saturated carbocycles. The largest absolute Gasteiger partial charge is 0.378 e. The van der Waals surface area contributed by atoms with Crippen molar-refractivity contribution in [1.29, 1.82) is 0 Å². The molecule has 0 N–H and O–H groups in total. The highest BCUT2D eigenvalue weighted by Crippen LogP contribution is 2.26. The highest BCUT2D eigenvalue weighted by atomic mass is 16.1. The van der Waals surface area contributed by atoms with Crippen LogP contribution in [0.4, 0.5) is 5.69 Å². The normalized spacial score (nSPS) is 14.3. The van der Waals surface area contributed by atoms with Crippen molar-refractivity contribution in [3.05, 3.63) is 47.8 Å². The number of fused-ring (bicyclic) bond motifs is 1. The Morgan fingerprint density at radius 2 is 1.79 bits per heavy atom. The van der Waals surface area contributed by atoms with Gasteiger partial charge in [-0.2, -0.15) is 0 Å². The molecule has 0 amide bonds. The van der Waals surface area contributed by atoms with Gasteiger partial charge >= 0.3 is 0 Å². The van der Waals surface area contributed by atoms with Gasteiger partial charge < -0.3 is 9.47 Å². The van der Waals surface area contributed by atoms with Gasteiger partial charge in [0.1, 0.15) is 0 Å². The maximum Gasteiger partial charge on any atom is 0.164 e. The topological polar surface area (TPSA) is 25.2 Å². The lowest BCUT2D eigenvalue weighted by Gasteiger charge is -2.16. The number of benzene rings is 1. The predicted octanol–water partition coefficient (Wildman–Crippen LogP) is 3.06. The van der Waals surface area contributed by atoms with Crippen LogP contribution in [0.1, 0.15) is 28.9 Å².